The molecule has 0 fully saturated rings. The van der Waals surface area contributed by atoms with Crippen molar-refractivity contribution in [1.29, 1.82) is 0 Å². The predicted octanol–water partition coefficient (Wildman–Crippen LogP) is 3.40. The van der Waals surface area contributed by atoms with E-state index in [0.29, 0.717) is 12.2 Å². The van der Waals surface area contributed by atoms with Crippen LogP contribution < -0.4 is 9.47 Å². The summed E-state index contributed by atoms with van der Waals surface area (Å²) >= 11 is 0. The van der Waals surface area contributed by atoms with Crippen LogP contribution in [0.15, 0.2) is 42.5 Å². The fourth-order valence-electron chi connectivity index (χ4n) is 1.78. The Morgan fingerprint density at radius 3 is 2.47 bits per heavy atom. The second kappa shape index (κ2) is 6.05. The molecule has 0 unspecified atom stereocenters. The fraction of sp³-hybridized carbons (Fsp3) is 0.188. The maximum absolute atomic E-state index is 10.8. The molecule has 0 saturated heterocycles. The van der Waals surface area contributed by atoms with Crippen LogP contribution in [0.1, 0.15) is 21.5 Å². The Kier molecular flexibility index (Phi) is 4.18. The van der Waals surface area contributed by atoms with Gasteiger partial charge in [0.1, 0.15) is 24.4 Å². The van der Waals surface area contributed by atoms with E-state index < -0.39 is 0 Å². The molecule has 0 amide bonds. The summed E-state index contributed by atoms with van der Waals surface area (Å²) in [6, 6.07) is 13.1. The Morgan fingerprint density at radius 2 is 1.84 bits per heavy atom. The van der Waals surface area contributed by atoms with Crippen LogP contribution in [0.4, 0.5) is 0 Å². The average Bonchev–Trinajstić information content (AvgIpc) is 2.46. The van der Waals surface area contributed by atoms with Gasteiger partial charge in [0, 0.05) is 11.1 Å². The molecule has 0 aliphatic carbocycles. The van der Waals surface area contributed by atoms with Crippen molar-refractivity contribution in [3.05, 3.63) is 59.2 Å². The summed E-state index contributed by atoms with van der Waals surface area (Å²) in [6.45, 7) is 2.40. The Morgan fingerprint density at radius 1 is 1.11 bits per heavy atom. The summed E-state index contributed by atoms with van der Waals surface area (Å²) in [5.41, 5.74) is 2.66. The molecule has 2 aromatic rings. The van der Waals surface area contributed by atoms with Crippen LogP contribution in [0.5, 0.6) is 11.5 Å². The molecule has 3 heteroatoms. The first-order chi connectivity index (χ1) is 9.22. The zero-order valence-electron chi connectivity index (χ0n) is 11.1. The largest absolute Gasteiger partial charge is 0.496 e. The Hall–Kier alpha value is -2.29. The molecule has 2 aromatic carbocycles. The normalized spacial score (nSPS) is 10.0. The van der Waals surface area contributed by atoms with E-state index in [1.54, 1.807) is 25.3 Å². The summed E-state index contributed by atoms with van der Waals surface area (Å²) in [4.78, 5) is 10.8. The molecule has 0 aromatic heterocycles. The smallest absolute Gasteiger partial charge is 0.150 e. The van der Waals surface area contributed by atoms with Gasteiger partial charge in [0.2, 0.25) is 0 Å². The van der Waals surface area contributed by atoms with Crippen LogP contribution in [0.2, 0.25) is 0 Å². The molecule has 2 rings (SSSR count). The van der Waals surface area contributed by atoms with Gasteiger partial charge in [-0.05, 0) is 37.3 Å². The summed E-state index contributed by atoms with van der Waals surface area (Å²) < 4.78 is 10.9. The first-order valence-corrected chi connectivity index (χ1v) is 6.04. The zero-order valence-corrected chi connectivity index (χ0v) is 11.1. The topological polar surface area (TPSA) is 35.5 Å². The number of methoxy groups -OCH3 is 1. The second-order valence-corrected chi connectivity index (χ2v) is 4.29. The van der Waals surface area contributed by atoms with Gasteiger partial charge in [-0.25, -0.2) is 0 Å². The van der Waals surface area contributed by atoms with Crippen LogP contribution in [0, 0.1) is 6.92 Å². The van der Waals surface area contributed by atoms with Gasteiger partial charge >= 0.3 is 0 Å². The van der Waals surface area contributed by atoms with Gasteiger partial charge in [-0.1, -0.05) is 17.7 Å². The highest BCUT2D eigenvalue weighted by Gasteiger charge is 2.05. The lowest BCUT2D eigenvalue weighted by Gasteiger charge is -2.11. The van der Waals surface area contributed by atoms with Crippen LogP contribution in [0.3, 0.4) is 0 Å². The van der Waals surface area contributed by atoms with Gasteiger partial charge in [0.25, 0.3) is 0 Å². The van der Waals surface area contributed by atoms with Crippen molar-refractivity contribution in [3.8, 4) is 11.5 Å². The molecular formula is C16H16O3. The predicted molar refractivity (Wildman–Crippen MR) is 73.9 cm³/mol. The van der Waals surface area contributed by atoms with Gasteiger partial charge in [-0.15, -0.1) is 0 Å². The highest BCUT2D eigenvalue weighted by Crippen LogP contribution is 2.22. The summed E-state index contributed by atoms with van der Waals surface area (Å²) in [5, 5.41) is 0. The summed E-state index contributed by atoms with van der Waals surface area (Å²) in [6.07, 6.45) is 0.814. The monoisotopic (exact) mass is 256 g/mol. The van der Waals surface area contributed by atoms with E-state index in [1.165, 1.54) is 5.56 Å². The Labute approximate surface area is 112 Å². The van der Waals surface area contributed by atoms with Crippen molar-refractivity contribution in [1.82, 2.24) is 0 Å². The third kappa shape index (κ3) is 3.35. The molecule has 0 spiro atoms. The number of carbonyl (C=O) groups excluding carboxylic acids is 1. The Bertz CT molecular complexity index is 559. The Balaban J connectivity index is 2.13. The molecule has 0 bridgehead atoms. The lowest BCUT2D eigenvalue weighted by atomic mass is 10.1. The molecule has 0 aliphatic rings. The molecule has 3 nitrogen and oxygen atoms in total. The summed E-state index contributed by atoms with van der Waals surface area (Å²) in [7, 11) is 1.60. The minimum absolute atomic E-state index is 0.369. The minimum Gasteiger partial charge on any atom is -0.496 e. The number of hydrogen-bond donors (Lipinski definition) is 0. The van der Waals surface area contributed by atoms with Crippen molar-refractivity contribution >= 4 is 6.29 Å². The molecular weight excluding hydrogens is 240 g/mol. The molecule has 98 valence electrons. The first-order valence-electron chi connectivity index (χ1n) is 6.04. The number of benzene rings is 2. The zero-order chi connectivity index (χ0) is 13.7. The van der Waals surface area contributed by atoms with Crippen molar-refractivity contribution in [2.45, 2.75) is 13.5 Å². The van der Waals surface area contributed by atoms with Crippen LogP contribution in [-0.4, -0.2) is 13.4 Å². The molecule has 0 atom stereocenters. The minimum atomic E-state index is 0.369. The molecule has 0 saturated carbocycles. The maximum atomic E-state index is 10.8. The van der Waals surface area contributed by atoms with Crippen LogP contribution >= 0.6 is 0 Å². The average molecular weight is 256 g/mol. The SMILES string of the molecule is COc1ccc(C=O)cc1COc1ccc(C)cc1. The third-order valence-corrected chi connectivity index (χ3v) is 2.86. The van der Waals surface area contributed by atoms with E-state index in [-0.39, 0.29) is 0 Å². The number of carbonyl (C=O) groups is 1. The van der Waals surface area contributed by atoms with E-state index >= 15 is 0 Å². The second-order valence-electron chi connectivity index (χ2n) is 4.29. The molecule has 0 N–H and O–H groups in total. The highest BCUT2D eigenvalue weighted by molar-refractivity contribution is 5.75. The number of ether oxygens (including phenoxy) is 2. The van der Waals surface area contributed by atoms with E-state index in [9.17, 15) is 4.79 Å². The number of rotatable bonds is 5. The number of aldehydes is 1. The number of hydrogen-bond acceptors (Lipinski definition) is 3. The highest BCUT2D eigenvalue weighted by atomic mass is 16.5. The molecule has 0 aliphatic heterocycles. The molecule has 0 heterocycles. The first kappa shape index (κ1) is 13.1. The van der Waals surface area contributed by atoms with Crippen molar-refractivity contribution in [3.63, 3.8) is 0 Å². The van der Waals surface area contributed by atoms with Crippen molar-refractivity contribution in [2.24, 2.45) is 0 Å². The van der Waals surface area contributed by atoms with Gasteiger partial charge in [-0.3, -0.25) is 4.79 Å². The van der Waals surface area contributed by atoms with E-state index in [1.807, 2.05) is 31.2 Å². The van der Waals surface area contributed by atoms with Gasteiger partial charge in [0.15, 0.2) is 0 Å². The van der Waals surface area contributed by atoms with E-state index in [0.717, 1.165) is 23.3 Å². The quantitative estimate of drug-likeness (QED) is 0.769. The lowest BCUT2D eigenvalue weighted by Crippen LogP contribution is -2.00. The maximum Gasteiger partial charge on any atom is 0.150 e. The van der Waals surface area contributed by atoms with Crippen LogP contribution in [-0.2, 0) is 6.61 Å². The van der Waals surface area contributed by atoms with E-state index in [2.05, 4.69) is 0 Å². The van der Waals surface area contributed by atoms with Crippen molar-refractivity contribution in [2.75, 3.05) is 7.11 Å². The number of aryl methyl sites for hydroxylation is 1. The van der Waals surface area contributed by atoms with Crippen molar-refractivity contribution < 1.29 is 14.3 Å². The van der Waals surface area contributed by atoms with E-state index in [4.69, 9.17) is 9.47 Å². The lowest BCUT2D eigenvalue weighted by molar-refractivity contribution is 0.112. The molecule has 19 heavy (non-hydrogen) atoms. The summed E-state index contributed by atoms with van der Waals surface area (Å²) in [5.74, 6) is 1.52. The fourth-order valence-corrected chi connectivity index (χ4v) is 1.78. The van der Waals surface area contributed by atoms with Crippen LogP contribution in [0.25, 0.3) is 0 Å². The van der Waals surface area contributed by atoms with Gasteiger partial charge in [0.05, 0.1) is 7.11 Å². The van der Waals surface area contributed by atoms with Gasteiger partial charge < -0.3 is 9.47 Å². The van der Waals surface area contributed by atoms with Gasteiger partial charge in [-0.2, -0.15) is 0 Å². The third-order valence-electron chi connectivity index (χ3n) is 2.86. The standard InChI is InChI=1S/C16H16O3/c1-12-3-6-15(7-4-12)19-11-14-9-13(10-17)5-8-16(14)18-2/h3-10H,11H2,1-2H3. The molecule has 0 radical (unpaired) electrons.